The minimum atomic E-state index is 0.541. The lowest BCUT2D eigenvalue weighted by Crippen LogP contribution is -2.04. The van der Waals surface area contributed by atoms with E-state index in [1.165, 1.54) is 5.39 Å². The summed E-state index contributed by atoms with van der Waals surface area (Å²) >= 11 is 0. The first kappa shape index (κ1) is 32.0. The second kappa shape index (κ2) is 12.2. The van der Waals surface area contributed by atoms with Crippen LogP contribution in [0.2, 0.25) is 0 Å². The van der Waals surface area contributed by atoms with Crippen LogP contribution in [0.25, 0.3) is 127 Å². The van der Waals surface area contributed by atoms with Crippen LogP contribution in [0, 0.1) is 0 Å². The highest BCUT2D eigenvalue weighted by Crippen LogP contribution is 2.43. The van der Waals surface area contributed by atoms with Crippen molar-refractivity contribution in [2.24, 2.45) is 0 Å². The van der Waals surface area contributed by atoms with Crippen LogP contribution in [0.1, 0.15) is 0 Å². The monoisotopic (exact) mass is 754 g/mol. The number of hydrogen-bond donors (Lipinski definition) is 0. The van der Waals surface area contributed by atoms with Gasteiger partial charge in [-0.2, -0.15) is 0 Å². The normalized spacial score (nSPS) is 12.1. The van der Waals surface area contributed by atoms with Crippen LogP contribution >= 0.6 is 0 Å². The Balaban J connectivity index is 1.15. The van der Waals surface area contributed by atoms with Crippen LogP contribution in [-0.2, 0) is 0 Å². The highest BCUT2D eigenvalue weighted by atomic mass is 16.3. The van der Waals surface area contributed by atoms with E-state index in [-0.39, 0.29) is 0 Å². The van der Waals surface area contributed by atoms with Crippen LogP contribution in [0.5, 0.6) is 0 Å². The van der Waals surface area contributed by atoms with Crippen molar-refractivity contribution in [1.29, 1.82) is 0 Å². The van der Waals surface area contributed by atoms with Gasteiger partial charge in [-0.3, -0.25) is 0 Å². The van der Waals surface area contributed by atoms with Crippen molar-refractivity contribution < 1.29 is 8.83 Å². The van der Waals surface area contributed by atoms with Gasteiger partial charge in [0.15, 0.2) is 23.1 Å². The summed E-state index contributed by atoms with van der Waals surface area (Å²) < 4.78 is 15.5. The number of aromatic nitrogens is 4. The molecule has 13 aromatic rings. The van der Waals surface area contributed by atoms with Crippen molar-refractivity contribution in [3.63, 3.8) is 0 Å². The van der Waals surface area contributed by atoms with Crippen molar-refractivity contribution in [2.45, 2.75) is 0 Å². The van der Waals surface area contributed by atoms with Gasteiger partial charge >= 0.3 is 0 Å². The Kier molecular flexibility index (Phi) is 6.63. The molecule has 0 bridgehead atoms. The number of furan rings is 2. The van der Waals surface area contributed by atoms with Gasteiger partial charge in [-0.15, -0.1) is 0 Å². The second-order valence-electron chi connectivity index (χ2n) is 15.2. The molecule has 274 valence electrons. The molecule has 4 heterocycles. The summed E-state index contributed by atoms with van der Waals surface area (Å²) in [6.07, 6.45) is 0. The Bertz CT molecular complexity index is 3870. The predicted octanol–water partition coefficient (Wildman–Crippen LogP) is 14.1. The number of rotatable bonds is 4. The van der Waals surface area contributed by atoms with E-state index < -0.39 is 0 Å². The third-order valence-corrected chi connectivity index (χ3v) is 11.8. The zero-order valence-corrected chi connectivity index (χ0v) is 31.4. The maximum absolute atomic E-state index is 6.91. The average Bonchev–Trinajstić information content (AvgIpc) is 3.97. The lowest BCUT2D eigenvalue weighted by molar-refractivity contribution is 0.666. The molecule has 9 aromatic carbocycles. The molecule has 6 nitrogen and oxygen atoms in total. The molecule has 13 rings (SSSR count). The van der Waals surface area contributed by atoms with Crippen LogP contribution < -0.4 is 0 Å². The number of fused-ring (bicyclic) bond motifs is 11. The van der Waals surface area contributed by atoms with Crippen LogP contribution in [0.4, 0.5) is 0 Å². The fourth-order valence-electron chi connectivity index (χ4n) is 9.02. The summed E-state index contributed by atoms with van der Waals surface area (Å²) in [6.45, 7) is 0. The van der Waals surface area contributed by atoms with Gasteiger partial charge in [-0.05, 0) is 88.3 Å². The van der Waals surface area contributed by atoms with E-state index in [4.69, 9.17) is 23.8 Å². The first-order chi connectivity index (χ1) is 29.2. The maximum atomic E-state index is 6.91. The summed E-state index contributed by atoms with van der Waals surface area (Å²) in [5.41, 5.74) is 8.84. The third kappa shape index (κ3) is 4.84. The lowest BCUT2D eigenvalue weighted by Gasteiger charge is -2.15. The molecule has 0 spiro atoms. The van der Waals surface area contributed by atoms with Gasteiger partial charge in [0.1, 0.15) is 22.4 Å². The standard InChI is InChI=1S/C53H30N4O2/c1-2-12-32-27-35(22-21-31(32)11-1)51-54-52(36-23-26-48-43(29-36)39-17-7-9-19-46(39)58-48)56-53(55-51)41-25-24-40-38-16-6-10-20-47(38)59-50(40)49(41)57-44-18-8-5-15-37(44)42-28-33-13-3-4-14-34(33)30-45(42)57/h1-30H. The molecule has 0 saturated heterocycles. The van der Waals surface area contributed by atoms with Crippen molar-refractivity contribution in [3.8, 4) is 39.9 Å². The Labute approximate surface area is 336 Å². The largest absolute Gasteiger partial charge is 0.456 e. The predicted molar refractivity (Wildman–Crippen MR) is 240 cm³/mol. The first-order valence-corrected chi connectivity index (χ1v) is 19.8. The molecule has 0 saturated carbocycles. The Hall–Kier alpha value is -8.09. The van der Waals surface area contributed by atoms with E-state index >= 15 is 0 Å². The van der Waals surface area contributed by atoms with E-state index in [0.717, 1.165) is 104 Å². The second-order valence-corrected chi connectivity index (χ2v) is 15.2. The molecule has 0 amide bonds. The Morgan fingerprint density at radius 1 is 0.339 bits per heavy atom. The van der Waals surface area contributed by atoms with Gasteiger partial charge in [0.25, 0.3) is 0 Å². The van der Waals surface area contributed by atoms with Gasteiger partial charge in [-0.1, -0.05) is 115 Å². The first-order valence-electron chi connectivity index (χ1n) is 19.8. The van der Waals surface area contributed by atoms with Crippen molar-refractivity contribution in [1.82, 2.24) is 19.5 Å². The number of benzene rings is 9. The average molecular weight is 755 g/mol. The van der Waals surface area contributed by atoms with Crippen LogP contribution in [0.15, 0.2) is 191 Å². The minimum Gasteiger partial charge on any atom is -0.456 e. The fraction of sp³-hybridized carbons (Fsp3) is 0. The smallest absolute Gasteiger partial charge is 0.166 e. The number of nitrogens with zero attached hydrogens (tertiary/aromatic N) is 4. The van der Waals surface area contributed by atoms with Crippen LogP contribution in [-0.4, -0.2) is 19.5 Å². The van der Waals surface area contributed by atoms with E-state index in [2.05, 4.69) is 144 Å². The summed E-state index contributed by atoms with van der Waals surface area (Å²) in [5.74, 6) is 1.69. The van der Waals surface area contributed by atoms with Crippen molar-refractivity contribution in [2.75, 3.05) is 0 Å². The zero-order valence-electron chi connectivity index (χ0n) is 31.4. The Morgan fingerprint density at radius 2 is 0.915 bits per heavy atom. The quantitative estimate of drug-likeness (QED) is 0.179. The molecular formula is C53H30N4O2. The lowest BCUT2D eigenvalue weighted by atomic mass is 10.0. The SMILES string of the molecule is c1ccc2cc(-c3nc(-c4ccc5oc6ccccc6c5c4)nc(-c4ccc5c(oc6ccccc65)c4-n4c5ccccc5c5cc6ccccc6cc54)n3)ccc2c1. The molecule has 6 heteroatoms. The molecule has 0 aliphatic carbocycles. The van der Waals surface area contributed by atoms with Crippen LogP contribution in [0.3, 0.4) is 0 Å². The molecule has 0 atom stereocenters. The van der Waals surface area contributed by atoms with E-state index in [9.17, 15) is 0 Å². The molecule has 0 aliphatic rings. The molecule has 0 aliphatic heterocycles. The summed E-state index contributed by atoms with van der Waals surface area (Å²) in [7, 11) is 0. The summed E-state index contributed by atoms with van der Waals surface area (Å²) in [5, 5.41) is 11.1. The summed E-state index contributed by atoms with van der Waals surface area (Å²) in [6, 6.07) is 63.3. The highest BCUT2D eigenvalue weighted by Gasteiger charge is 2.25. The number of para-hydroxylation sites is 3. The Morgan fingerprint density at radius 3 is 1.71 bits per heavy atom. The van der Waals surface area contributed by atoms with Gasteiger partial charge < -0.3 is 13.4 Å². The van der Waals surface area contributed by atoms with E-state index in [1.54, 1.807) is 0 Å². The highest BCUT2D eigenvalue weighted by molar-refractivity contribution is 6.17. The summed E-state index contributed by atoms with van der Waals surface area (Å²) in [4.78, 5) is 15.9. The molecular weight excluding hydrogens is 725 g/mol. The van der Waals surface area contributed by atoms with Gasteiger partial charge in [0.2, 0.25) is 0 Å². The number of hydrogen-bond acceptors (Lipinski definition) is 5. The van der Waals surface area contributed by atoms with Crippen molar-refractivity contribution >= 4 is 87.2 Å². The molecule has 59 heavy (non-hydrogen) atoms. The van der Waals surface area contributed by atoms with Crippen molar-refractivity contribution in [3.05, 3.63) is 182 Å². The van der Waals surface area contributed by atoms with Gasteiger partial charge in [0.05, 0.1) is 11.0 Å². The van der Waals surface area contributed by atoms with Gasteiger partial charge in [0, 0.05) is 49.0 Å². The third-order valence-electron chi connectivity index (χ3n) is 11.8. The van der Waals surface area contributed by atoms with E-state index in [0.29, 0.717) is 17.5 Å². The fourth-order valence-corrected chi connectivity index (χ4v) is 9.02. The molecule has 4 aromatic heterocycles. The minimum absolute atomic E-state index is 0.541. The molecule has 0 N–H and O–H groups in total. The molecule has 0 unspecified atom stereocenters. The molecule has 0 fully saturated rings. The van der Waals surface area contributed by atoms with E-state index in [1.807, 2.05) is 42.5 Å². The zero-order chi connectivity index (χ0) is 38.6. The molecule has 0 radical (unpaired) electrons. The van der Waals surface area contributed by atoms with Gasteiger partial charge in [-0.25, -0.2) is 15.0 Å². The maximum Gasteiger partial charge on any atom is 0.166 e. The topological polar surface area (TPSA) is 69.9 Å².